The van der Waals surface area contributed by atoms with E-state index in [0.29, 0.717) is 37.0 Å². The van der Waals surface area contributed by atoms with Crippen molar-refractivity contribution in [3.05, 3.63) is 47.5 Å². The van der Waals surface area contributed by atoms with Crippen LogP contribution in [0.4, 0.5) is 5.69 Å². The number of hydrogen-bond acceptors (Lipinski definition) is 4. The van der Waals surface area contributed by atoms with Gasteiger partial charge in [0.1, 0.15) is 17.2 Å². The third-order valence-electron chi connectivity index (χ3n) is 3.98. The molecular formula is C21H27NO4. The van der Waals surface area contributed by atoms with Crippen LogP contribution >= 0.6 is 0 Å². The van der Waals surface area contributed by atoms with E-state index in [1.54, 1.807) is 12.1 Å². The third kappa shape index (κ3) is 5.41. The van der Waals surface area contributed by atoms with E-state index in [1.165, 1.54) is 5.56 Å². The highest BCUT2D eigenvalue weighted by Crippen LogP contribution is 2.29. The van der Waals surface area contributed by atoms with E-state index in [2.05, 4.69) is 5.32 Å². The smallest absolute Gasteiger partial charge is 0.227 e. The molecule has 5 nitrogen and oxygen atoms in total. The van der Waals surface area contributed by atoms with E-state index in [1.807, 2.05) is 52.0 Å². The van der Waals surface area contributed by atoms with Crippen LogP contribution in [-0.2, 0) is 4.79 Å². The highest BCUT2D eigenvalue weighted by molar-refractivity contribution is 5.92. The summed E-state index contributed by atoms with van der Waals surface area (Å²) in [5.74, 6) is 1.99. The molecule has 0 aliphatic carbocycles. The zero-order chi connectivity index (χ0) is 18.9. The Bertz CT molecular complexity index is 743. The van der Waals surface area contributed by atoms with Gasteiger partial charge in [-0.05, 0) is 57.0 Å². The summed E-state index contributed by atoms with van der Waals surface area (Å²) in [7, 11) is 0. The minimum atomic E-state index is -0.134. The lowest BCUT2D eigenvalue weighted by molar-refractivity contribution is -0.116. The van der Waals surface area contributed by atoms with Crippen LogP contribution in [0.3, 0.4) is 0 Å². The summed E-state index contributed by atoms with van der Waals surface area (Å²) >= 11 is 0. The molecule has 0 unspecified atom stereocenters. The SMILES string of the molecule is CCOc1ccc(OCC)c(NC(=O)CCOc2cccc(C)c2C)c1. The monoisotopic (exact) mass is 357 g/mol. The molecule has 0 spiro atoms. The molecule has 0 saturated carbocycles. The van der Waals surface area contributed by atoms with E-state index < -0.39 is 0 Å². The van der Waals surface area contributed by atoms with Gasteiger partial charge < -0.3 is 19.5 Å². The average molecular weight is 357 g/mol. The number of nitrogens with one attached hydrogen (secondary N) is 1. The number of carbonyl (C=O) groups is 1. The van der Waals surface area contributed by atoms with Gasteiger partial charge in [-0.1, -0.05) is 12.1 Å². The summed E-state index contributed by atoms with van der Waals surface area (Å²) in [6, 6.07) is 11.3. The van der Waals surface area contributed by atoms with Crippen molar-refractivity contribution in [2.24, 2.45) is 0 Å². The predicted molar refractivity (Wildman–Crippen MR) is 103 cm³/mol. The Morgan fingerprint density at radius 2 is 1.73 bits per heavy atom. The second kappa shape index (κ2) is 9.70. The van der Waals surface area contributed by atoms with Crippen LogP contribution < -0.4 is 19.5 Å². The minimum absolute atomic E-state index is 0.134. The van der Waals surface area contributed by atoms with Gasteiger partial charge in [-0.25, -0.2) is 0 Å². The molecule has 0 atom stereocenters. The molecule has 2 aromatic rings. The van der Waals surface area contributed by atoms with Gasteiger partial charge in [0, 0.05) is 6.07 Å². The first-order valence-electron chi connectivity index (χ1n) is 8.93. The lowest BCUT2D eigenvalue weighted by Crippen LogP contribution is -2.16. The summed E-state index contributed by atoms with van der Waals surface area (Å²) in [6.07, 6.45) is 0.248. The Balaban J connectivity index is 1.96. The molecule has 0 saturated heterocycles. The van der Waals surface area contributed by atoms with Crippen molar-refractivity contribution in [1.29, 1.82) is 0 Å². The van der Waals surface area contributed by atoms with Gasteiger partial charge in [-0.3, -0.25) is 4.79 Å². The van der Waals surface area contributed by atoms with Gasteiger partial charge in [-0.15, -0.1) is 0 Å². The maximum atomic E-state index is 12.3. The molecule has 0 aromatic heterocycles. The van der Waals surface area contributed by atoms with Crippen LogP contribution in [0.25, 0.3) is 0 Å². The summed E-state index contributed by atoms with van der Waals surface area (Å²) < 4.78 is 16.8. The zero-order valence-electron chi connectivity index (χ0n) is 15.9. The van der Waals surface area contributed by atoms with Gasteiger partial charge in [0.25, 0.3) is 0 Å². The molecule has 0 aliphatic rings. The standard InChI is InChI=1S/C21H27NO4/c1-5-24-17-10-11-20(25-6-2)18(14-17)22-21(23)12-13-26-19-9-7-8-15(3)16(19)4/h7-11,14H,5-6,12-13H2,1-4H3,(H,22,23). The van der Waals surface area contributed by atoms with E-state index >= 15 is 0 Å². The zero-order valence-corrected chi connectivity index (χ0v) is 15.9. The molecule has 140 valence electrons. The lowest BCUT2D eigenvalue weighted by Gasteiger charge is -2.14. The Hall–Kier alpha value is -2.69. The van der Waals surface area contributed by atoms with Crippen molar-refractivity contribution in [1.82, 2.24) is 0 Å². The molecule has 2 rings (SSSR count). The van der Waals surface area contributed by atoms with Crippen LogP contribution in [0.5, 0.6) is 17.2 Å². The maximum absolute atomic E-state index is 12.3. The molecule has 0 fully saturated rings. The molecule has 5 heteroatoms. The van der Waals surface area contributed by atoms with Crippen molar-refractivity contribution in [2.45, 2.75) is 34.1 Å². The molecule has 0 heterocycles. The van der Waals surface area contributed by atoms with Gasteiger partial charge in [0.05, 0.1) is 31.9 Å². The van der Waals surface area contributed by atoms with Crippen molar-refractivity contribution in [3.63, 3.8) is 0 Å². The number of hydrogen-bond donors (Lipinski definition) is 1. The number of anilines is 1. The van der Waals surface area contributed by atoms with E-state index in [-0.39, 0.29) is 12.3 Å². The highest BCUT2D eigenvalue weighted by atomic mass is 16.5. The first kappa shape index (κ1) is 19.6. The Kier molecular flexibility index (Phi) is 7.33. The molecule has 2 aromatic carbocycles. The number of rotatable bonds is 9. The molecule has 1 N–H and O–H groups in total. The van der Waals surface area contributed by atoms with E-state index in [4.69, 9.17) is 14.2 Å². The number of carbonyl (C=O) groups excluding carboxylic acids is 1. The van der Waals surface area contributed by atoms with Crippen molar-refractivity contribution >= 4 is 11.6 Å². The lowest BCUT2D eigenvalue weighted by atomic mass is 10.1. The second-order valence-electron chi connectivity index (χ2n) is 5.87. The first-order chi connectivity index (χ1) is 12.5. The van der Waals surface area contributed by atoms with Gasteiger partial charge >= 0.3 is 0 Å². The molecule has 0 bridgehead atoms. The Morgan fingerprint density at radius 1 is 0.962 bits per heavy atom. The van der Waals surface area contributed by atoms with Gasteiger partial charge in [0.15, 0.2) is 0 Å². The molecular weight excluding hydrogens is 330 g/mol. The number of benzene rings is 2. The molecule has 0 radical (unpaired) electrons. The molecule has 1 amide bonds. The molecule has 26 heavy (non-hydrogen) atoms. The second-order valence-corrected chi connectivity index (χ2v) is 5.87. The normalized spacial score (nSPS) is 10.3. The Morgan fingerprint density at radius 3 is 2.46 bits per heavy atom. The minimum Gasteiger partial charge on any atom is -0.494 e. The van der Waals surface area contributed by atoms with Crippen LogP contribution in [0.15, 0.2) is 36.4 Å². The Labute approximate surface area is 155 Å². The highest BCUT2D eigenvalue weighted by Gasteiger charge is 2.10. The van der Waals surface area contributed by atoms with E-state index in [0.717, 1.165) is 11.3 Å². The van der Waals surface area contributed by atoms with Gasteiger partial charge in [0.2, 0.25) is 5.91 Å². The van der Waals surface area contributed by atoms with Crippen LogP contribution in [-0.4, -0.2) is 25.7 Å². The topological polar surface area (TPSA) is 56.8 Å². The van der Waals surface area contributed by atoms with Crippen molar-refractivity contribution in [2.75, 3.05) is 25.1 Å². The quantitative estimate of drug-likeness (QED) is 0.717. The third-order valence-corrected chi connectivity index (χ3v) is 3.98. The van der Waals surface area contributed by atoms with Crippen molar-refractivity contribution in [3.8, 4) is 17.2 Å². The number of ether oxygens (including phenoxy) is 3. The molecule has 0 aliphatic heterocycles. The van der Waals surface area contributed by atoms with Gasteiger partial charge in [-0.2, -0.15) is 0 Å². The number of aryl methyl sites for hydroxylation is 1. The maximum Gasteiger partial charge on any atom is 0.227 e. The van der Waals surface area contributed by atoms with Crippen LogP contribution in [0.2, 0.25) is 0 Å². The fraction of sp³-hybridized carbons (Fsp3) is 0.381. The number of amides is 1. The first-order valence-corrected chi connectivity index (χ1v) is 8.93. The van der Waals surface area contributed by atoms with Crippen LogP contribution in [0, 0.1) is 13.8 Å². The van der Waals surface area contributed by atoms with Crippen LogP contribution in [0.1, 0.15) is 31.4 Å². The predicted octanol–water partition coefficient (Wildman–Crippen LogP) is 4.51. The fourth-order valence-corrected chi connectivity index (χ4v) is 2.49. The fourth-order valence-electron chi connectivity index (χ4n) is 2.49. The average Bonchev–Trinajstić information content (AvgIpc) is 2.61. The summed E-state index contributed by atoms with van der Waals surface area (Å²) in [5, 5.41) is 2.88. The summed E-state index contributed by atoms with van der Waals surface area (Å²) in [6.45, 7) is 9.26. The summed E-state index contributed by atoms with van der Waals surface area (Å²) in [4.78, 5) is 12.3. The van der Waals surface area contributed by atoms with Crippen molar-refractivity contribution < 1.29 is 19.0 Å². The largest absolute Gasteiger partial charge is 0.494 e. The summed E-state index contributed by atoms with van der Waals surface area (Å²) in [5.41, 5.74) is 2.87. The van der Waals surface area contributed by atoms with E-state index in [9.17, 15) is 4.79 Å².